The minimum atomic E-state index is 0.359. The zero-order chi connectivity index (χ0) is 11.0. The summed E-state index contributed by atoms with van der Waals surface area (Å²) in [5.41, 5.74) is 6.67. The lowest BCUT2D eigenvalue weighted by molar-refractivity contribution is 0.713. The molecule has 2 heterocycles. The monoisotopic (exact) mass is 236 g/mol. The van der Waals surface area contributed by atoms with Crippen molar-refractivity contribution in [1.82, 2.24) is 24.7 Å². The Morgan fingerprint density at radius 2 is 2.44 bits per heavy atom. The number of rotatable bonds is 4. The molecule has 1 fully saturated rings. The number of imidazole rings is 1. The first-order valence-corrected chi connectivity index (χ1v) is 6.13. The molecule has 2 aromatic rings. The summed E-state index contributed by atoms with van der Waals surface area (Å²) in [7, 11) is 0. The topological polar surface area (TPSA) is 85.4 Å². The number of hydrogen-bond acceptors (Lipinski definition) is 5. The van der Waals surface area contributed by atoms with Crippen LogP contribution in [0.3, 0.4) is 0 Å². The molecule has 84 valence electrons. The van der Waals surface area contributed by atoms with Gasteiger partial charge in [0.25, 0.3) is 0 Å². The fourth-order valence-electron chi connectivity index (χ4n) is 1.59. The molecule has 3 N–H and O–H groups in total. The van der Waals surface area contributed by atoms with Crippen LogP contribution in [0.2, 0.25) is 0 Å². The number of nitrogens with zero attached hydrogens (tertiary/aromatic N) is 4. The predicted molar refractivity (Wildman–Crippen MR) is 60.9 cm³/mol. The molecule has 7 heteroatoms. The maximum atomic E-state index is 5.46. The van der Waals surface area contributed by atoms with Crippen molar-refractivity contribution >= 4 is 17.7 Å². The lowest BCUT2D eigenvalue weighted by atomic mass is 10.5. The van der Waals surface area contributed by atoms with Gasteiger partial charge >= 0.3 is 0 Å². The number of H-pyrrole nitrogens is 1. The molecular weight excluding hydrogens is 224 g/mol. The van der Waals surface area contributed by atoms with Crippen LogP contribution in [0.5, 0.6) is 0 Å². The second-order valence-corrected chi connectivity index (χ2v) is 4.76. The van der Waals surface area contributed by atoms with Gasteiger partial charge in [0, 0.05) is 23.7 Å². The van der Waals surface area contributed by atoms with Crippen LogP contribution in [0.15, 0.2) is 17.7 Å². The molecule has 6 nitrogen and oxygen atoms in total. The summed E-state index contributed by atoms with van der Waals surface area (Å²) in [5.74, 6) is 1.19. The smallest absolute Gasteiger partial charge is 0.216 e. The normalized spacial score (nSPS) is 15.5. The van der Waals surface area contributed by atoms with Crippen LogP contribution in [0, 0.1) is 0 Å². The van der Waals surface area contributed by atoms with Crippen LogP contribution in [0.4, 0.5) is 5.95 Å². The van der Waals surface area contributed by atoms with Crippen LogP contribution >= 0.6 is 11.8 Å². The number of thioether (sulfide) groups is 1. The highest BCUT2D eigenvalue weighted by atomic mass is 32.2. The molecular formula is C9H12N6S. The predicted octanol–water partition coefficient (Wildman–Crippen LogP) is 1.21. The Balaban J connectivity index is 1.67. The van der Waals surface area contributed by atoms with E-state index in [0.717, 1.165) is 5.75 Å². The summed E-state index contributed by atoms with van der Waals surface area (Å²) in [5, 5.41) is 7.28. The fraction of sp³-hybridized carbons (Fsp3) is 0.444. The average molecular weight is 236 g/mol. The van der Waals surface area contributed by atoms with Gasteiger partial charge in [-0.25, -0.2) is 10.1 Å². The second-order valence-electron chi connectivity index (χ2n) is 3.82. The third kappa shape index (κ3) is 1.90. The van der Waals surface area contributed by atoms with E-state index >= 15 is 0 Å². The molecule has 1 aliphatic carbocycles. The minimum absolute atomic E-state index is 0.359. The number of hydrogen-bond donors (Lipinski definition) is 2. The largest absolute Gasteiger partial charge is 0.368 e. The molecule has 0 saturated heterocycles. The van der Waals surface area contributed by atoms with Gasteiger partial charge < -0.3 is 10.3 Å². The molecule has 0 radical (unpaired) electrons. The molecule has 0 spiro atoms. The van der Waals surface area contributed by atoms with Crippen LogP contribution in [0.25, 0.3) is 0 Å². The van der Waals surface area contributed by atoms with Crippen molar-refractivity contribution in [2.45, 2.75) is 29.8 Å². The van der Waals surface area contributed by atoms with Crippen molar-refractivity contribution in [2.75, 3.05) is 5.73 Å². The maximum Gasteiger partial charge on any atom is 0.216 e. The SMILES string of the molecule is Nc1nc(SCc2cncn2C2CC2)n[nH]1. The zero-order valence-corrected chi connectivity index (χ0v) is 9.44. The Bertz CT molecular complexity index is 486. The quantitative estimate of drug-likeness (QED) is 0.779. The third-order valence-corrected chi connectivity index (χ3v) is 3.40. The van der Waals surface area contributed by atoms with E-state index in [0.29, 0.717) is 17.1 Å². The van der Waals surface area contributed by atoms with Crippen LogP contribution in [-0.4, -0.2) is 24.7 Å². The summed E-state index contributed by atoms with van der Waals surface area (Å²) >= 11 is 1.56. The summed E-state index contributed by atoms with van der Waals surface area (Å²) in [4.78, 5) is 8.22. The highest BCUT2D eigenvalue weighted by Crippen LogP contribution is 2.36. The third-order valence-electron chi connectivity index (χ3n) is 2.52. The highest BCUT2D eigenvalue weighted by Gasteiger charge is 2.25. The van der Waals surface area contributed by atoms with Gasteiger partial charge in [-0.2, -0.15) is 4.98 Å². The van der Waals surface area contributed by atoms with Crippen molar-refractivity contribution in [2.24, 2.45) is 0 Å². The fourth-order valence-corrected chi connectivity index (χ4v) is 2.36. The van der Waals surface area contributed by atoms with E-state index in [1.807, 2.05) is 12.5 Å². The Labute approximate surface area is 96.7 Å². The standard InChI is InChI=1S/C9H12N6S/c10-8-12-9(14-13-8)16-4-7-3-11-5-15(7)6-1-2-6/h3,5-6H,1-2,4H2,(H3,10,12,13,14). The molecule has 1 saturated carbocycles. The Hall–Kier alpha value is -1.50. The van der Waals surface area contributed by atoms with Crippen LogP contribution < -0.4 is 5.73 Å². The van der Waals surface area contributed by atoms with E-state index in [2.05, 4.69) is 24.7 Å². The van der Waals surface area contributed by atoms with E-state index < -0.39 is 0 Å². The summed E-state index contributed by atoms with van der Waals surface area (Å²) in [6.07, 6.45) is 6.34. The lowest BCUT2D eigenvalue weighted by Gasteiger charge is -2.03. The Morgan fingerprint density at radius 3 is 3.12 bits per heavy atom. The highest BCUT2D eigenvalue weighted by molar-refractivity contribution is 7.98. The van der Waals surface area contributed by atoms with E-state index in [-0.39, 0.29) is 0 Å². The van der Waals surface area contributed by atoms with Gasteiger partial charge in [-0.05, 0) is 12.8 Å². The molecule has 1 aliphatic rings. The van der Waals surface area contributed by atoms with Gasteiger partial charge in [-0.15, -0.1) is 5.10 Å². The Morgan fingerprint density at radius 1 is 1.56 bits per heavy atom. The second kappa shape index (κ2) is 3.82. The Kier molecular flexibility index (Phi) is 2.32. The van der Waals surface area contributed by atoms with Gasteiger partial charge in [0.2, 0.25) is 11.1 Å². The van der Waals surface area contributed by atoms with Gasteiger partial charge in [-0.3, -0.25) is 0 Å². The first-order chi connectivity index (χ1) is 7.83. The molecule has 0 amide bonds. The van der Waals surface area contributed by atoms with E-state index in [9.17, 15) is 0 Å². The number of nitrogens with one attached hydrogen (secondary N) is 1. The first-order valence-electron chi connectivity index (χ1n) is 5.14. The first kappa shape index (κ1) is 9.71. The molecule has 0 aliphatic heterocycles. The van der Waals surface area contributed by atoms with Gasteiger partial charge in [0.1, 0.15) is 0 Å². The number of aromatic nitrogens is 5. The summed E-state index contributed by atoms with van der Waals surface area (Å²) < 4.78 is 2.24. The summed E-state index contributed by atoms with van der Waals surface area (Å²) in [6, 6.07) is 0.662. The van der Waals surface area contributed by atoms with Gasteiger partial charge in [0.15, 0.2) is 0 Å². The molecule has 0 atom stereocenters. The van der Waals surface area contributed by atoms with Crippen molar-refractivity contribution in [3.05, 3.63) is 18.2 Å². The summed E-state index contributed by atoms with van der Waals surface area (Å²) in [6.45, 7) is 0. The average Bonchev–Trinajstić information content (AvgIpc) is 2.86. The van der Waals surface area contributed by atoms with Crippen molar-refractivity contribution in [3.8, 4) is 0 Å². The van der Waals surface area contributed by atoms with E-state index in [1.165, 1.54) is 18.5 Å². The molecule has 3 rings (SSSR count). The van der Waals surface area contributed by atoms with E-state index in [4.69, 9.17) is 5.73 Å². The molecule has 0 unspecified atom stereocenters. The van der Waals surface area contributed by atoms with Crippen molar-refractivity contribution in [3.63, 3.8) is 0 Å². The minimum Gasteiger partial charge on any atom is -0.368 e. The van der Waals surface area contributed by atoms with Gasteiger partial charge in [0.05, 0.1) is 6.33 Å². The molecule has 0 aromatic carbocycles. The maximum absolute atomic E-state index is 5.46. The van der Waals surface area contributed by atoms with E-state index in [1.54, 1.807) is 11.8 Å². The van der Waals surface area contributed by atoms with Crippen LogP contribution in [0.1, 0.15) is 24.6 Å². The van der Waals surface area contributed by atoms with Crippen LogP contribution in [-0.2, 0) is 5.75 Å². The number of nitrogen functional groups attached to an aromatic ring is 1. The molecule has 16 heavy (non-hydrogen) atoms. The molecule has 0 bridgehead atoms. The number of aromatic amines is 1. The lowest BCUT2D eigenvalue weighted by Crippen LogP contribution is -1.97. The van der Waals surface area contributed by atoms with Crippen molar-refractivity contribution < 1.29 is 0 Å². The van der Waals surface area contributed by atoms with Crippen molar-refractivity contribution in [1.29, 1.82) is 0 Å². The number of anilines is 1. The zero-order valence-electron chi connectivity index (χ0n) is 8.63. The molecule has 2 aromatic heterocycles. The number of nitrogens with two attached hydrogens (primary N) is 1. The van der Waals surface area contributed by atoms with Gasteiger partial charge in [-0.1, -0.05) is 11.8 Å².